The van der Waals surface area contributed by atoms with Crippen LogP contribution in [0.2, 0.25) is 0 Å². The van der Waals surface area contributed by atoms with E-state index in [-0.39, 0.29) is 17.9 Å². The maximum absolute atomic E-state index is 12.6. The SMILES string of the molecule is COc1ccc(-n2cc(C(C)NC(=O)C3CCN(C(C)C)CC3)cn2)cc1. The summed E-state index contributed by atoms with van der Waals surface area (Å²) in [6.45, 7) is 8.43. The molecule has 1 N–H and O–H groups in total. The van der Waals surface area contributed by atoms with Gasteiger partial charge in [-0.3, -0.25) is 4.79 Å². The molecule has 1 unspecified atom stereocenters. The normalized spacial score (nSPS) is 17.1. The average Bonchev–Trinajstić information content (AvgIpc) is 3.18. The number of amides is 1. The van der Waals surface area contributed by atoms with Crippen molar-refractivity contribution in [2.45, 2.75) is 45.7 Å². The number of aromatic nitrogens is 2. The zero-order valence-corrected chi connectivity index (χ0v) is 16.7. The Kier molecular flexibility index (Phi) is 6.16. The van der Waals surface area contributed by atoms with Crippen molar-refractivity contribution in [2.24, 2.45) is 5.92 Å². The zero-order chi connectivity index (χ0) is 19.4. The molecule has 1 aliphatic heterocycles. The van der Waals surface area contributed by atoms with Gasteiger partial charge in [0.2, 0.25) is 5.91 Å². The number of ether oxygens (including phenoxy) is 1. The lowest BCUT2D eigenvalue weighted by Gasteiger charge is -2.34. The van der Waals surface area contributed by atoms with Gasteiger partial charge in [-0.1, -0.05) is 0 Å². The van der Waals surface area contributed by atoms with Gasteiger partial charge in [-0.25, -0.2) is 4.68 Å². The number of rotatable bonds is 6. The number of nitrogens with zero attached hydrogens (tertiary/aromatic N) is 3. The van der Waals surface area contributed by atoms with Crippen LogP contribution in [0.5, 0.6) is 5.75 Å². The van der Waals surface area contributed by atoms with Gasteiger partial charge in [-0.05, 0) is 71.0 Å². The molecule has 1 aromatic carbocycles. The van der Waals surface area contributed by atoms with E-state index in [1.165, 1.54) is 0 Å². The van der Waals surface area contributed by atoms with Crippen LogP contribution in [0.15, 0.2) is 36.7 Å². The summed E-state index contributed by atoms with van der Waals surface area (Å²) in [7, 11) is 1.65. The molecule has 2 aromatic rings. The summed E-state index contributed by atoms with van der Waals surface area (Å²) in [6, 6.07) is 8.23. The second-order valence-electron chi connectivity index (χ2n) is 7.55. The lowest BCUT2D eigenvalue weighted by Crippen LogP contribution is -2.43. The highest BCUT2D eigenvalue weighted by molar-refractivity contribution is 5.79. The Morgan fingerprint density at radius 2 is 1.85 bits per heavy atom. The molecule has 0 spiro atoms. The monoisotopic (exact) mass is 370 g/mol. The van der Waals surface area contributed by atoms with Crippen molar-refractivity contribution in [3.8, 4) is 11.4 Å². The van der Waals surface area contributed by atoms with Crippen LogP contribution < -0.4 is 10.1 Å². The average molecular weight is 370 g/mol. The highest BCUT2D eigenvalue weighted by Crippen LogP contribution is 2.21. The van der Waals surface area contributed by atoms with Gasteiger partial charge in [0, 0.05) is 23.7 Å². The minimum absolute atomic E-state index is 0.0624. The van der Waals surface area contributed by atoms with Gasteiger partial charge in [0.05, 0.1) is 25.0 Å². The van der Waals surface area contributed by atoms with Crippen LogP contribution in [0.4, 0.5) is 0 Å². The number of carbonyl (C=O) groups excluding carboxylic acids is 1. The van der Waals surface area contributed by atoms with Crippen molar-refractivity contribution >= 4 is 5.91 Å². The predicted molar refractivity (Wildman–Crippen MR) is 106 cm³/mol. The smallest absolute Gasteiger partial charge is 0.223 e. The molecule has 0 saturated carbocycles. The first-order valence-electron chi connectivity index (χ1n) is 9.71. The number of benzene rings is 1. The van der Waals surface area contributed by atoms with E-state index in [1.807, 2.05) is 48.3 Å². The Hall–Kier alpha value is -2.34. The highest BCUT2D eigenvalue weighted by Gasteiger charge is 2.27. The lowest BCUT2D eigenvalue weighted by atomic mass is 9.94. The first-order valence-corrected chi connectivity index (χ1v) is 9.71. The third-order valence-electron chi connectivity index (χ3n) is 5.43. The number of hydrogen-bond acceptors (Lipinski definition) is 4. The van der Waals surface area contributed by atoms with Gasteiger partial charge in [-0.2, -0.15) is 5.10 Å². The maximum atomic E-state index is 12.6. The van der Waals surface area contributed by atoms with Crippen LogP contribution in [0.3, 0.4) is 0 Å². The van der Waals surface area contributed by atoms with Crippen molar-refractivity contribution in [1.82, 2.24) is 20.0 Å². The molecule has 0 radical (unpaired) electrons. The van der Waals surface area contributed by atoms with Crippen LogP contribution in [0.1, 0.15) is 45.2 Å². The predicted octanol–water partition coefficient (Wildman–Crippen LogP) is 3.18. The molecule has 1 aromatic heterocycles. The van der Waals surface area contributed by atoms with E-state index in [0.29, 0.717) is 6.04 Å². The molecular weight excluding hydrogens is 340 g/mol. The fourth-order valence-electron chi connectivity index (χ4n) is 3.53. The van der Waals surface area contributed by atoms with Gasteiger partial charge in [0.25, 0.3) is 0 Å². The fraction of sp³-hybridized carbons (Fsp3) is 0.524. The lowest BCUT2D eigenvalue weighted by molar-refractivity contribution is -0.127. The molecule has 2 heterocycles. The minimum atomic E-state index is -0.0624. The number of carbonyl (C=O) groups is 1. The second-order valence-corrected chi connectivity index (χ2v) is 7.55. The molecule has 1 saturated heterocycles. The molecule has 1 amide bonds. The molecular formula is C21H30N4O2. The second kappa shape index (κ2) is 8.57. The van der Waals surface area contributed by atoms with Crippen LogP contribution in [-0.2, 0) is 4.79 Å². The molecule has 6 heteroatoms. The molecule has 3 rings (SSSR count). The van der Waals surface area contributed by atoms with Crippen molar-refractivity contribution in [3.63, 3.8) is 0 Å². The van der Waals surface area contributed by atoms with Crippen molar-refractivity contribution in [1.29, 1.82) is 0 Å². The van der Waals surface area contributed by atoms with Crippen molar-refractivity contribution in [3.05, 3.63) is 42.2 Å². The van der Waals surface area contributed by atoms with Gasteiger partial charge < -0.3 is 15.0 Å². The fourth-order valence-corrected chi connectivity index (χ4v) is 3.53. The van der Waals surface area contributed by atoms with E-state index in [9.17, 15) is 4.79 Å². The Morgan fingerprint density at radius 1 is 1.19 bits per heavy atom. The van der Waals surface area contributed by atoms with E-state index in [4.69, 9.17) is 4.74 Å². The topological polar surface area (TPSA) is 59.4 Å². The summed E-state index contributed by atoms with van der Waals surface area (Å²) in [5, 5.41) is 7.59. The molecule has 1 fully saturated rings. The Morgan fingerprint density at radius 3 is 2.44 bits per heavy atom. The molecule has 1 atom stereocenters. The number of hydrogen-bond donors (Lipinski definition) is 1. The largest absolute Gasteiger partial charge is 0.497 e. The first kappa shape index (κ1) is 19.4. The van der Waals surface area contributed by atoms with Gasteiger partial charge >= 0.3 is 0 Å². The quantitative estimate of drug-likeness (QED) is 0.848. The number of piperidine rings is 1. The minimum Gasteiger partial charge on any atom is -0.497 e. The van der Waals surface area contributed by atoms with Crippen LogP contribution in [0, 0.1) is 5.92 Å². The number of nitrogens with one attached hydrogen (secondary N) is 1. The van der Waals surface area contributed by atoms with Crippen LogP contribution in [0.25, 0.3) is 5.69 Å². The maximum Gasteiger partial charge on any atom is 0.223 e. The summed E-state index contributed by atoms with van der Waals surface area (Å²) in [5.41, 5.74) is 1.96. The van der Waals surface area contributed by atoms with Gasteiger partial charge in [0.1, 0.15) is 5.75 Å². The Labute approximate surface area is 161 Å². The molecule has 6 nitrogen and oxygen atoms in total. The van der Waals surface area contributed by atoms with E-state index in [2.05, 4.69) is 29.2 Å². The number of methoxy groups -OCH3 is 1. The van der Waals surface area contributed by atoms with Crippen molar-refractivity contribution < 1.29 is 9.53 Å². The Bertz CT molecular complexity index is 746. The highest BCUT2D eigenvalue weighted by atomic mass is 16.5. The summed E-state index contributed by atoms with van der Waals surface area (Å²) >= 11 is 0. The standard InChI is InChI=1S/C21H30N4O2/c1-15(2)24-11-9-17(10-12-24)21(26)23-16(3)18-13-22-25(14-18)19-5-7-20(27-4)8-6-19/h5-8,13-17H,9-12H2,1-4H3,(H,23,26). The van der Waals surface area contributed by atoms with Gasteiger partial charge in [-0.15, -0.1) is 0 Å². The summed E-state index contributed by atoms with van der Waals surface area (Å²) < 4.78 is 7.01. The number of likely N-dealkylation sites (tertiary alicyclic amines) is 1. The molecule has 1 aliphatic rings. The summed E-state index contributed by atoms with van der Waals surface area (Å²) in [6.07, 6.45) is 5.65. The van der Waals surface area contributed by atoms with E-state index < -0.39 is 0 Å². The molecule has 146 valence electrons. The molecule has 27 heavy (non-hydrogen) atoms. The zero-order valence-electron chi connectivity index (χ0n) is 16.7. The van der Waals surface area contributed by atoms with Crippen LogP contribution >= 0.6 is 0 Å². The van der Waals surface area contributed by atoms with E-state index >= 15 is 0 Å². The van der Waals surface area contributed by atoms with E-state index in [0.717, 1.165) is 42.9 Å². The first-order chi connectivity index (χ1) is 13.0. The third-order valence-corrected chi connectivity index (χ3v) is 5.43. The molecule has 0 aliphatic carbocycles. The molecule has 0 bridgehead atoms. The summed E-state index contributed by atoms with van der Waals surface area (Å²) in [5.74, 6) is 1.08. The van der Waals surface area contributed by atoms with Crippen LogP contribution in [-0.4, -0.2) is 46.8 Å². The third kappa shape index (κ3) is 4.69. The van der Waals surface area contributed by atoms with Crippen molar-refractivity contribution in [2.75, 3.05) is 20.2 Å². The summed E-state index contributed by atoms with van der Waals surface area (Å²) in [4.78, 5) is 15.1. The van der Waals surface area contributed by atoms with E-state index in [1.54, 1.807) is 7.11 Å². The van der Waals surface area contributed by atoms with Gasteiger partial charge in [0.15, 0.2) is 0 Å². The Balaban J connectivity index is 1.57.